The van der Waals surface area contributed by atoms with Gasteiger partial charge in [-0.25, -0.2) is 9.48 Å². The van der Waals surface area contributed by atoms with Crippen molar-refractivity contribution in [2.75, 3.05) is 51.8 Å². The van der Waals surface area contributed by atoms with Crippen LogP contribution >= 0.6 is 23.2 Å². The minimum Gasteiger partial charge on any atom is -0.494 e. The molecule has 3 N–H and O–H groups in total. The number of aromatic nitrogens is 2. The predicted octanol–water partition coefficient (Wildman–Crippen LogP) is 6.17. The van der Waals surface area contributed by atoms with Gasteiger partial charge in [0.15, 0.2) is 5.75 Å². The summed E-state index contributed by atoms with van der Waals surface area (Å²) < 4.78 is 44.6. The highest BCUT2D eigenvalue weighted by molar-refractivity contribution is 6.39. The molecule has 0 atom stereocenters. The Morgan fingerprint density at radius 3 is 2.38 bits per heavy atom. The van der Waals surface area contributed by atoms with E-state index in [1.165, 1.54) is 0 Å². The number of amides is 1. The Bertz CT molecular complexity index is 1620. The molecule has 1 aliphatic rings. The fourth-order valence-electron chi connectivity index (χ4n) is 4.57. The number of hydrogen-bond acceptors (Lipinski definition) is 7. The van der Waals surface area contributed by atoms with E-state index in [2.05, 4.69) is 20.6 Å². The summed E-state index contributed by atoms with van der Waals surface area (Å²) in [5, 5.41) is 20.0. The first-order valence-electron chi connectivity index (χ1n) is 13.7. The molecular weight excluding hydrogens is 638 g/mol. The number of rotatable bonds is 9. The number of carboxylic acids is 1. The zero-order valence-corrected chi connectivity index (χ0v) is 25.5. The minimum atomic E-state index is -5.08. The zero-order chi connectivity index (χ0) is 32.6. The highest BCUT2D eigenvalue weighted by atomic mass is 35.5. The van der Waals surface area contributed by atoms with Crippen LogP contribution in [0.5, 0.6) is 5.75 Å². The number of anilines is 2. The molecule has 240 valence electrons. The maximum atomic E-state index is 13.0. The highest BCUT2D eigenvalue weighted by Gasteiger charge is 2.38. The lowest BCUT2D eigenvalue weighted by Gasteiger charge is -2.26. The van der Waals surface area contributed by atoms with E-state index in [9.17, 15) is 18.0 Å². The van der Waals surface area contributed by atoms with Gasteiger partial charge in [-0.2, -0.15) is 18.3 Å². The second-order valence-electron chi connectivity index (χ2n) is 9.78. The maximum Gasteiger partial charge on any atom is 0.490 e. The summed E-state index contributed by atoms with van der Waals surface area (Å²) in [6.07, 6.45) is -2.44. The number of aliphatic carboxylic acids is 1. The molecule has 45 heavy (non-hydrogen) atoms. The van der Waals surface area contributed by atoms with Crippen LogP contribution in [0.2, 0.25) is 10.0 Å². The number of nitrogens with zero attached hydrogens (tertiary/aromatic N) is 3. The van der Waals surface area contributed by atoms with E-state index >= 15 is 0 Å². The molecule has 0 aliphatic carbocycles. The quantitative estimate of drug-likeness (QED) is 0.182. The second-order valence-corrected chi connectivity index (χ2v) is 10.6. The highest BCUT2D eigenvalue weighted by Crippen LogP contribution is 2.34. The number of hydrogen-bond donors (Lipinski definition) is 3. The molecule has 1 fully saturated rings. The van der Waals surface area contributed by atoms with Crippen LogP contribution in [0.3, 0.4) is 0 Å². The number of carbonyl (C=O) groups is 2. The van der Waals surface area contributed by atoms with Crippen LogP contribution in [0.25, 0.3) is 16.6 Å². The molecular formula is C30H30Cl2F3N5O5. The molecule has 3 aromatic carbocycles. The van der Waals surface area contributed by atoms with Crippen molar-refractivity contribution in [2.45, 2.75) is 12.6 Å². The Morgan fingerprint density at radius 1 is 1.07 bits per heavy atom. The average Bonchev–Trinajstić information content (AvgIpc) is 3.44. The van der Waals surface area contributed by atoms with Crippen LogP contribution in [-0.2, 0) is 9.53 Å². The molecule has 1 aliphatic heterocycles. The Labute approximate surface area is 266 Å². The van der Waals surface area contributed by atoms with Crippen molar-refractivity contribution in [3.63, 3.8) is 0 Å². The molecule has 0 radical (unpaired) electrons. The average molecular weight is 669 g/mol. The number of carbonyl (C=O) groups excluding carboxylic acids is 1. The standard InChI is InChI=1S/C28H29Cl2N5O3.C2HF3O2/c1-37-27-21(28(36)31-11-4-12-34-13-15-38-16-14-34)5-2-8-25(27)35-24-10-9-20(17-19(24)18-32-35)33-26-22(29)6-3-7-23(26)30;3-2(4,5)1(6)7/h2-3,5-10,17-18,33H,4,11-16H2,1H3,(H,31,36);(H,6,7). The van der Waals surface area contributed by atoms with Crippen molar-refractivity contribution in [1.82, 2.24) is 20.0 Å². The lowest BCUT2D eigenvalue weighted by atomic mass is 10.1. The predicted molar refractivity (Wildman–Crippen MR) is 165 cm³/mol. The Kier molecular flexibility index (Phi) is 11.5. The van der Waals surface area contributed by atoms with Crippen LogP contribution in [0.4, 0.5) is 24.5 Å². The van der Waals surface area contributed by atoms with Crippen molar-refractivity contribution in [1.29, 1.82) is 0 Å². The molecule has 1 amide bonds. The molecule has 1 aromatic heterocycles. The summed E-state index contributed by atoms with van der Waals surface area (Å²) >= 11 is 12.6. The van der Waals surface area contributed by atoms with Gasteiger partial charge in [-0.15, -0.1) is 0 Å². The molecule has 0 unspecified atom stereocenters. The molecule has 2 heterocycles. The third-order valence-corrected chi connectivity index (χ3v) is 7.38. The third-order valence-electron chi connectivity index (χ3n) is 6.75. The van der Waals surface area contributed by atoms with Crippen LogP contribution in [0.1, 0.15) is 16.8 Å². The van der Waals surface area contributed by atoms with Crippen LogP contribution in [0.15, 0.2) is 60.8 Å². The molecule has 1 saturated heterocycles. The number of carboxylic acid groups (broad SMARTS) is 1. The molecule has 4 aromatic rings. The molecule has 0 bridgehead atoms. The van der Waals surface area contributed by atoms with Gasteiger partial charge in [-0.05, 0) is 55.4 Å². The first-order valence-corrected chi connectivity index (χ1v) is 14.5. The fourth-order valence-corrected chi connectivity index (χ4v) is 5.07. The molecule has 15 heteroatoms. The van der Waals surface area contributed by atoms with Gasteiger partial charge < -0.3 is 25.2 Å². The molecule has 5 rings (SSSR count). The number of nitrogens with one attached hydrogen (secondary N) is 2. The largest absolute Gasteiger partial charge is 0.494 e. The topological polar surface area (TPSA) is 118 Å². The SMILES string of the molecule is COc1c(C(=O)NCCCN2CCOCC2)cccc1-n1ncc2cc(Nc3c(Cl)cccc3Cl)ccc21.O=C(O)C(F)(F)F. The number of para-hydroxylation sites is 2. The number of alkyl halides is 3. The number of ether oxygens (including phenoxy) is 2. The van der Waals surface area contributed by atoms with Crippen molar-refractivity contribution in [2.24, 2.45) is 0 Å². The van der Waals surface area contributed by atoms with Gasteiger partial charge in [0, 0.05) is 30.7 Å². The molecule has 10 nitrogen and oxygen atoms in total. The number of morpholine rings is 1. The molecule has 0 saturated carbocycles. The number of halogens is 5. The van der Waals surface area contributed by atoms with E-state index in [0.717, 1.165) is 55.9 Å². The van der Waals surface area contributed by atoms with Crippen molar-refractivity contribution in [3.8, 4) is 11.4 Å². The summed E-state index contributed by atoms with van der Waals surface area (Å²) in [6, 6.07) is 16.7. The van der Waals surface area contributed by atoms with E-state index in [1.807, 2.05) is 30.3 Å². The first-order chi connectivity index (χ1) is 21.5. The zero-order valence-electron chi connectivity index (χ0n) is 24.0. The van der Waals surface area contributed by atoms with E-state index in [1.54, 1.807) is 42.3 Å². The number of fused-ring (bicyclic) bond motifs is 1. The minimum absolute atomic E-state index is 0.176. The van der Waals surface area contributed by atoms with E-state index in [-0.39, 0.29) is 5.91 Å². The fraction of sp³-hybridized carbons (Fsp3) is 0.300. The molecule has 0 spiro atoms. The van der Waals surface area contributed by atoms with Crippen molar-refractivity contribution < 1.29 is 37.3 Å². The number of methoxy groups -OCH3 is 1. The van der Waals surface area contributed by atoms with Gasteiger partial charge in [-0.3, -0.25) is 9.69 Å². The van der Waals surface area contributed by atoms with E-state index in [4.69, 9.17) is 42.6 Å². The summed E-state index contributed by atoms with van der Waals surface area (Å²) in [4.78, 5) is 24.3. The van der Waals surface area contributed by atoms with Gasteiger partial charge in [0.1, 0.15) is 5.69 Å². The maximum absolute atomic E-state index is 13.0. The van der Waals surface area contributed by atoms with E-state index in [0.29, 0.717) is 39.3 Å². The van der Waals surface area contributed by atoms with E-state index < -0.39 is 12.1 Å². The Morgan fingerprint density at radius 2 is 1.73 bits per heavy atom. The number of benzene rings is 3. The second kappa shape index (κ2) is 15.3. The summed E-state index contributed by atoms with van der Waals surface area (Å²) in [6.45, 7) is 4.93. The van der Waals surface area contributed by atoms with Gasteiger partial charge >= 0.3 is 12.1 Å². The normalized spacial score (nSPS) is 13.6. The van der Waals surface area contributed by atoms with Crippen molar-refractivity contribution in [3.05, 3.63) is 76.4 Å². The monoisotopic (exact) mass is 667 g/mol. The van der Waals surface area contributed by atoms with Gasteiger partial charge in [0.25, 0.3) is 5.91 Å². The Balaban J connectivity index is 0.000000591. The van der Waals surface area contributed by atoms with Gasteiger partial charge in [0.05, 0.1) is 53.3 Å². The van der Waals surface area contributed by atoms with Gasteiger partial charge in [-0.1, -0.05) is 35.3 Å². The first kappa shape index (κ1) is 33.8. The van der Waals surface area contributed by atoms with Crippen molar-refractivity contribution >= 4 is 57.4 Å². The lowest BCUT2D eigenvalue weighted by molar-refractivity contribution is -0.192. The van der Waals surface area contributed by atoms with Crippen LogP contribution in [0, 0.1) is 0 Å². The third kappa shape index (κ3) is 8.78. The summed E-state index contributed by atoms with van der Waals surface area (Å²) in [7, 11) is 1.56. The van der Waals surface area contributed by atoms with Crippen LogP contribution < -0.4 is 15.4 Å². The smallest absolute Gasteiger partial charge is 0.490 e. The Hall–Kier alpha value is -4.04. The van der Waals surface area contributed by atoms with Crippen LogP contribution in [-0.4, -0.2) is 84.3 Å². The summed E-state index contributed by atoms with van der Waals surface area (Å²) in [5.41, 5.74) is 3.48. The van der Waals surface area contributed by atoms with Gasteiger partial charge in [0.2, 0.25) is 0 Å². The lowest BCUT2D eigenvalue weighted by Crippen LogP contribution is -2.38. The summed E-state index contributed by atoms with van der Waals surface area (Å²) in [5.74, 6) is -2.47.